The van der Waals surface area contributed by atoms with E-state index < -0.39 is 22.8 Å². The average molecular weight is 285 g/mol. The maximum Gasteiger partial charge on any atom is 0.341 e. The van der Waals surface area contributed by atoms with Crippen molar-refractivity contribution in [2.75, 3.05) is 5.73 Å². The number of anilines is 1. The van der Waals surface area contributed by atoms with Crippen LogP contribution in [0.2, 0.25) is 5.02 Å². The molecule has 1 heterocycles. The SMILES string of the molecule is CCn1cc(C(=O)O)c(=O)c2cc(F)c(N)c(Cl)c21. The first-order valence-corrected chi connectivity index (χ1v) is 5.80. The van der Waals surface area contributed by atoms with Crippen molar-refractivity contribution in [1.82, 2.24) is 4.57 Å². The number of carboxylic acid groups (broad SMARTS) is 1. The number of carboxylic acids is 1. The molecule has 0 bridgehead atoms. The number of nitrogens with zero attached hydrogens (tertiary/aromatic N) is 1. The fourth-order valence-electron chi connectivity index (χ4n) is 1.90. The predicted octanol–water partition coefficient (Wildman–Crippen LogP) is 2.09. The van der Waals surface area contributed by atoms with Crippen LogP contribution in [0.15, 0.2) is 17.1 Å². The van der Waals surface area contributed by atoms with Gasteiger partial charge in [0.2, 0.25) is 5.43 Å². The van der Waals surface area contributed by atoms with Gasteiger partial charge in [0.1, 0.15) is 11.4 Å². The van der Waals surface area contributed by atoms with E-state index in [4.69, 9.17) is 22.4 Å². The van der Waals surface area contributed by atoms with Crippen LogP contribution in [0.25, 0.3) is 10.9 Å². The Kier molecular flexibility index (Phi) is 3.20. The molecule has 0 aliphatic rings. The summed E-state index contributed by atoms with van der Waals surface area (Å²) in [6.07, 6.45) is 1.18. The number of pyridine rings is 1. The summed E-state index contributed by atoms with van der Waals surface area (Å²) in [6.45, 7) is 2.10. The fourth-order valence-corrected chi connectivity index (χ4v) is 2.20. The molecule has 0 amide bonds. The number of fused-ring (bicyclic) bond motifs is 1. The number of hydrogen-bond donors (Lipinski definition) is 2. The zero-order chi connectivity index (χ0) is 14.3. The molecular weight excluding hydrogens is 275 g/mol. The summed E-state index contributed by atoms with van der Waals surface area (Å²) >= 11 is 5.95. The first-order chi connectivity index (χ1) is 8.88. The number of benzene rings is 1. The Labute approximate surface area is 112 Å². The molecule has 0 fully saturated rings. The van der Waals surface area contributed by atoms with Gasteiger partial charge in [-0.2, -0.15) is 0 Å². The van der Waals surface area contributed by atoms with E-state index in [2.05, 4.69) is 0 Å². The van der Waals surface area contributed by atoms with E-state index in [9.17, 15) is 14.0 Å². The lowest BCUT2D eigenvalue weighted by atomic mass is 10.1. The van der Waals surface area contributed by atoms with Gasteiger partial charge < -0.3 is 15.4 Å². The summed E-state index contributed by atoms with van der Waals surface area (Å²) in [4.78, 5) is 23.0. The average Bonchev–Trinajstić information content (AvgIpc) is 2.37. The van der Waals surface area contributed by atoms with Crippen LogP contribution in [0.5, 0.6) is 0 Å². The Bertz CT molecular complexity index is 755. The predicted molar refractivity (Wildman–Crippen MR) is 70.2 cm³/mol. The number of nitrogen functional groups attached to an aromatic ring is 1. The molecule has 100 valence electrons. The summed E-state index contributed by atoms with van der Waals surface area (Å²) in [5.41, 5.74) is 4.23. The molecule has 2 aromatic rings. The van der Waals surface area contributed by atoms with Crippen molar-refractivity contribution < 1.29 is 14.3 Å². The highest BCUT2D eigenvalue weighted by Crippen LogP contribution is 2.30. The maximum absolute atomic E-state index is 13.6. The van der Waals surface area contributed by atoms with Gasteiger partial charge >= 0.3 is 5.97 Å². The van der Waals surface area contributed by atoms with Crippen LogP contribution in [0.3, 0.4) is 0 Å². The Morgan fingerprint density at radius 1 is 1.58 bits per heavy atom. The summed E-state index contributed by atoms with van der Waals surface area (Å²) in [5.74, 6) is -2.22. The second kappa shape index (κ2) is 4.55. The number of aryl methyl sites for hydroxylation is 1. The third-order valence-electron chi connectivity index (χ3n) is 2.86. The van der Waals surface area contributed by atoms with Crippen LogP contribution in [0, 0.1) is 5.82 Å². The number of nitrogens with two attached hydrogens (primary N) is 1. The van der Waals surface area contributed by atoms with E-state index in [0.717, 1.165) is 6.07 Å². The number of aromatic carboxylic acids is 1. The molecule has 2 rings (SSSR count). The minimum Gasteiger partial charge on any atom is -0.477 e. The van der Waals surface area contributed by atoms with Crippen molar-refractivity contribution in [3.05, 3.63) is 38.9 Å². The zero-order valence-electron chi connectivity index (χ0n) is 9.91. The number of hydrogen-bond acceptors (Lipinski definition) is 3. The van der Waals surface area contributed by atoms with Crippen molar-refractivity contribution in [1.29, 1.82) is 0 Å². The van der Waals surface area contributed by atoms with Crippen LogP contribution >= 0.6 is 11.6 Å². The van der Waals surface area contributed by atoms with Gasteiger partial charge in [0.25, 0.3) is 0 Å². The molecule has 5 nitrogen and oxygen atoms in total. The van der Waals surface area contributed by atoms with E-state index in [1.165, 1.54) is 10.8 Å². The molecule has 0 unspecified atom stereocenters. The minimum absolute atomic E-state index is 0.0918. The fraction of sp³-hybridized carbons (Fsp3) is 0.167. The molecule has 0 radical (unpaired) electrons. The lowest BCUT2D eigenvalue weighted by molar-refractivity contribution is 0.0695. The summed E-state index contributed by atoms with van der Waals surface area (Å²) in [6, 6.07) is 0.914. The monoisotopic (exact) mass is 284 g/mol. The molecule has 3 N–H and O–H groups in total. The number of rotatable bonds is 2. The van der Waals surface area contributed by atoms with Gasteiger partial charge in [-0.1, -0.05) is 11.6 Å². The Morgan fingerprint density at radius 3 is 2.74 bits per heavy atom. The highest BCUT2D eigenvalue weighted by molar-refractivity contribution is 6.37. The van der Waals surface area contributed by atoms with E-state index in [1.54, 1.807) is 6.92 Å². The molecule has 1 aromatic heterocycles. The standard InChI is InChI=1S/C12H10ClFN2O3/c1-2-16-4-6(12(18)19)11(17)5-3-7(14)9(15)8(13)10(5)16/h3-4H,2,15H2,1H3,(H,18,19). The topological polar surface area (TPSA) is 85.3 Å². The first kappa shape index (κ1) is 13.4. The van der Waals surface area contributed by atoms with Gasteiger partial charge in [-0.25, -0.2) is 9.18 Å². The van der Waals surface area contributed by atoms with Crippen LogP contribution in [0.1, 0.15) is 17.3 Å². The van der Waals surface area contributed by atoms with Crippen molar-refractivity contribution in [3.8, 4) is 0 Å². The molecular formula is C12H10ClFN2O3. The van der Waals surface area contributed by atoms with Gasteiger partial charge in [-0.15, -0.1) is 0 Å². The van der Waals surface area contributed by atoms with E-state index >= 15 is 0 Å². The van der Waals surface area contributed by atoms with Gasteiger partial charge in [-0.05, 0) is 13.0 Å². The second-order valence-corrected chi connectivity index (χ2v) is 4.32. The molecule has 19 heavy (non-hydrogen) atoms. The van der Waals surface area contributed by atoms with Gasteiger partial charge in [0.15, 0.2) is 0 Å². The van der Waals surface area contributed by atoms with E-state index in [-0.39, 0.29) is 21.6 Å². The lowest BCUT2D eigenvalue weighted by Crippen LogP contribution is -2.19. The minimum atomic E-state index is -1.37. The van der Waals surface area contributed by atoms with Gasteiger partial charge in [0.05, 0.1) is 21.6 Å². The van der Waals surface area contributed by atoms with Crippen LogP contribution in [-0.2, 0) is 6.54 Å². The third-order valence-corrected chi connectivity index (χ3v) is 3.24. The molecule has 1 aromatic carbocycles. The van der Waals surface area contributed by atoms with Crippen molar-refractivity contribution in [3.63, 3.8) is 0 Å². The first-order valence-electron chi connectivity index (χ1n) is 5.42. The highest BCUT2D eigenvalue weighted by atomic mass is 35.5. The molecule has 0 aliphatic carbocycles. The highest BCUT2D eigenvalue weighted by Gasteiger charge is 2.19. The van der Waals surface area contributed by atoms with E-state index in [1.807, 2.05) is 0 Å². The number of aromatic nitrogens is 1. The van der Waals surface area contributed by atoms with Crippen LogP contribution < -0.4 is 11.2 Å². The van der Waals surface area contributed by atoms with E-state index in [0.29, 0.717) is 6.54 Å². The zero-order valence-corrected chi connectivity index (χ0v) is 10.7. The molecule has 0 spiro atoms. The molecule has 0 atom stereocenters. The quantitative estimate of drug-likeness (QED) is 0.827. The van der Waals surface area contributed by atoms with Gasteiger partial charge in [-0.3, -0.25) is 4.79 Å². The summed E-state index contributed by atoms with van der Waals surface area (Å²) in [5, 5.41) is 8.78. The number of carbonyl (C=O) groups is 1. The Balaban J connectivity index is 3.08. The Hall–Kier alpha value is -2.08. The summed E-state index contributed by atoms with van der Waals surface area (Å²) in [7, 11) is 0. The molecule has 0 aliphatic heterocycles. The lowest BCUT2D eigenvalue weighted by Gasteiger charge is -2.13. The molecule has 0 saturated heterocycles. The second-order valence-electron chi connectivity index (χ2n) is 3.95. The van der Waals surface area contributed by atoms with Crippen molar-refractivity contribution >= 4 is 34.2 Å². The van der Waals surface area contributed by atoms with Crippen molar-refractivity contribution in [2.45, 2.75) is 13.5 Å². The van der Waals surface area contributed by atoms with Crippen LogP contribution in [-0.4, -0.2) is 15.6 Å². The molecule has 0 saturated carbocycles. The van der Waals surface area contributed by atoms with Crippen molar-refractivity contribution in [2.24, 2.45) is 0 Å². The smallest absolute Gasteiger partial charge is 0.341 e. The molecule has 7 heteroatoms. The Morgan fingerprint density at radius 2 is 2.21 bits per heavy atom. The third kappa shape index (κ3) is 1.94. The maximum atomic E-state index is 13.6. The normalized spacial score (nSPS) is 10.9. The number of halogens is 2. The largest absolute Gasteiger partial charge is 0.477 e. The summed E-state index contributed by atoms with van der Waals surface area (Å²) < 4.78 is 15.0. The van der Waals surface area contributed by atoms with Gasteiger partial charge in [0, 0.05) is 12.7 Å². The van der Waals surface area contributed by atoms with Crippen LogP contribution in [0.4, 0.5) is 10.1 Å².